The minimum atomic E-state index is -0.342. The van der Waals surface area contributed by atoms with Crippen LogP contribution in [-0.4, -0.2) is 14.0 Å². The zero-order valence-electron chi connectivity index (χ0n) is 25.5. The first-order chi connectivity index (χ1) is 23.6. The lowest BCUT2D eigenvalue weighted by Crippen LogP contribution is -2.00. The number of pyridine rings is 2. The van der Waals surface area contributed by atoms with Crippen LogP contribution in [0.25, 0.3) is 88.1 Å². The molecule has 0 unspecified atom stereocenters. The molecule has 48 heavy (non-hydrogen) atoms. The average molecular weight is 622 g/mol. The van der Waals surface area contributed by atoms with Crippen molar-refractivity contribution in [1.82, 2.24) is 14.0 Å². The summed E-state index contributed by atoms with van der Waals surface area (Å²) in [6, 6.07) is 49.1. The fourth-order valence-corrected chi connectivity index (χ4v) is 7.54. The van der Waals surface area contributed by atoms with E-state index in [1.807, 2.05) is 30.3 Å². The average Bonchev–Trinajstić information content (AvgIpc) is 3.68. The number of benzene rings is 6. The Morgan fingerprint density at radius 3 is 1.85 bits per heavy atom. The lowest BCUT2D eigenvalue weighted by Gasteiger charge is -2.13. The molecular weight excluding hydrogens is 596 g/mol. The number of fused-ring (bicyclic) bond motifs is 12. The third-order valence-electron chi connectivity index (χ3n) is 9.56. The second-order valence-corrected chi connectivity index (χ2v) is 12.3. The molecule has 0 aliphatic carbocycles. The highest BCUT2D eigenvalue weighted by Crippen LogP contribution is 2.41. The topological polar surface area (TPSA) is 22.2 Å². The molecule has 4 aromatic heterocycles. The number of halogens is 2. The molecule has 0 saturated carbocycles. The van der Waals surface area contributed by atoms with Crippen LogP contribution >= 0.6 is 0 Å². The molecule has 5 heteroatoms. The molecule has 0 radical (unpaired) electrons. The Balaban J connectivity index is 1.36. The van der Waals surface area contributed by atoms with E-state index < -0.39 is 0 Å². The van der Waals surface area contributed by atoms with E-state index in [9.17, 15) is 8.78 Å². The van der Waals surface area contributed by atoms with Crippen molar-refractivity contribution in [2.75, 3.05) is 0 Å². The highest BCUT2D eigenvalue weighted by molar-refractivity contribution is 6.24. The van der Waals surface area contributed by atoms with Crippen LogP contribution < -0.4 is 0 Å². The third-order valence-corrected chi connectivity index (χ3v) is 9.56. The molecule has 0 fully saturated rings. The van der Waals surface area contributed by atoms with E-state index in [0.29, 0.717) is 17.1 Å². The number of nitrogens with zero attached hydrogens (tertiary/aromatic N) is 3. The highest BCUT2D eigenvalue weighted by Gasteiger charge is 2.21. The van der Waals surface area contributed by atoms with Crippen LogP contribution in [0, 0.1) is 11.6 Å². The summed E-state index contributed by atoms with van der Waals surface area (Å²) in [6.45, 7) is 0. The van der Waals surface area contributed by atoms with E-state index in [1.54, 1.807) is 12.1 Å². The molecule has 4 heterocycles. The van der Waals surface area contributed by atoms with Crippen LogP contribution in [0.2, 0.25) is 0 Å². The SMILES string of the molecule is Fc1cccc(-c2cc(-c3cccc(F)c3)nc(-n3c4ccccc4c4c3ccc3cc5c6ccccc6c6ccccc6n5c34)c2)c1. The Morgan fingerprint density at radius 1 is 0.438 bits per heavy atom. The van der Waals surface area contributed by atoms with E-state index >= 15 is 0 Å². The monoisotopic (exact) mass is 621 g/mol. The van der Waals surface area contributed by atoms with Crippen LogP contribution in [-0.2, 0) is 0 Å². The van der Waals surface area contributed by atoms with Gasteiger partial charge in [0, 0.05) is 32.5 Å². The van der Waals surface area contributed by atoms with Crippen LogP contribution in [0.3, 0.4) is 0 Å². The van der Waals surface area contributed by atoms with Gasteiger partial charge >= 0.3 is 0 Å². The third kappa shape index (κ3) is 3.88. The first-order valence-electron chi connectivity index (χ1n) is 15.9. The Bertz CT molecular complexity index is 2870. The van der Waals surface area contributed by atoms with Gasteiger partial charge in [-0.15, -0.1) is 0 Å². The molecule has 10 aromatic rings. The number of rotatable bonds is 3. The van der Waals surface area contributed by atoms with Gasteiger partial charge in [0.1, 0.15) is 17.5 Å². The van der Waals surface area contributed by atoms with E-state index in [1.165, 1.54) is 40.4 Å². The summed E-state index contributed by atoms with van der Waals surface area (Å²) in [4.78, 5) is 5.15. The summed E-state index contributed by atoms with van der Waals surface area (Å²) in [7, 11) is 0. The predicted octanol–water partition coefficient (Wildman–Crippen LogP) is 11.5. The lowest BCUT2D eigenvalue weighted by molar-refractivity contribution is 0.628. The lowest BCUT2D eigenvalue weighted by atomic mass is 10.0. The van der Waals surface area contributed by atoms with Gasteiger partial charge in [0.05, 0.1) is 33.3 Å². The van der Waals surface area contributed by atoms with Crippen molar-refractivity contribution in [2.45, 2.75) is 0 Å². The molecule has 0 atom stereocenters. The van der Waals surface area contributed by atoms with E-state index in [0.717, 1.165) is 54.9 Å². The highest BCUT2D eigenvalue weighted by atomic mass is 19.1. The van der Waals surface area contributed by atoms with Gasteiger partial charge in [-0.25, -0.2) is 13.8 Å². The van der Waals surface area contributed by atoms with Gasteiger partial charge in [0.15, 0.2) is 0 Å². The molecule has 0 N–H and O–H groups in total. The molecule has 0 spiro atoms. The Hall–Kier alpha value is -6.33. The molecule has 0 amide bonds. The van der Waals surface area contributed by atoms with Gasteiger partial charge < -0.3 is 4.40 Å². The number of aromatic nitrogens is 3. The maximum Gasteiger partial charge on any atom is 0.138 e. The summed E-state index contributed by atoms with van der Waals surface area (Å²) >= 11 is 0. The van der Waals surface area contributed by atoms with Crippen LogP contribution in [0.1, 0.15) is 0 Å². The number of hydrogen-bond acceptors (Lipinski definition) is 1. The van der Waals surface area contributed by atoms with Crippen molar-refractivity contribution < 1.29 is 8.78 Å². The van der Waals surface area contributed by atoms with Gasteiger partial charge in [-0.1, -0.05) is 91.0 Å². The van der Waals surface area contributed by atoms with Crippen molar-refractivity contribution in [3.05, 3.63) is 163 Å². The molecule has 0 aliphatic rings. The van der Waals surface area contributed by atoms with Crippen molar-refractivity contribution in [2.24, 2.45) is 0 Å². The Morgan fingerprint density at radius 2 is 1.08 bits per heavy atom. The first kappa shape index (κ1) is 26.8. The standard InChI is InChI=1S/C43H25F2N3/c44-30-11-7-9-26(21-30)29-23-36(27-10-8-12-31(45)22-27)46-41(25-29)47-38-18-6-4-16-35(38)42-39(47)20-19-28-24-40-34-15-2-1-13-32(34)33-14-3-5-17-37(33)48(40)43(28)42/h1-25H. The van der Waals surface area contributed by atoms with Gasteiger partial charge in [-0.2, -0.15) is 0 Å². The van der Waals surface area contributed by atoms with Crippen molar-refractivity contribution in [3.8, 4) is 28.2 Å². The molecule has 0 saturated heterocycles. The minimum Gasteiger partial charge on any atom is -0.308 e. The fraction of sp³-hybridized carbons (Fsp3) is 0. The second kappa shape index (κ2) is 10.1. The second-order valence-electron chi connectivity index (χ2n) is 12.3. The van der Waals surface area contributed by atoms with Gasteiger partial charge in [0.25, 0.3) is 0 Å². The predicted molar refractivity (Wildman–Crippen MR) is 193 cm³/mol. The molecular formula is C43H25F2N3. The molecule has 0 aliphatic heterocycles. The summed E-state index contributed by atoms with van der Waals surface area (Å²) in [5.74, 6) is 0.00107. The van der Waals surface area contributed by atoms with Gasteiger partial charge in [0.2, 0.25) is 0 Å². The normalized spacial score (nSPS) is 12.0. The molecule has 0 bridgehead atoms. The van der Waals surface area contributed by atoms with Crippen LogP contribution in [0.4, 0.5) is 8.78 Å². The van der Waals surface area contributed by atoms with Crippen LogP contribution in [0.15, 0.2) is 152 Å². The maximum atomic E-state index is 14.5. The molecule has 3 nitrogen and oxygen atoms in total. The Kier molecular flexibility index (Phi) is 5.64. The summed E-state index contributed by atoms with van der Waals surface area (Å²) in [5, 5.41) is 6.99. The van der Waals surface area contributed by atoms with Crippen LogP contribution in [0.5, 0.6) is 0 Å². The largest absolute Gasteiger partial charge is 0.308 e. The van der Waals surface area contributed by atoms with Crippen molar-refractivity contribution in [1.29, 1.82) is 0 Å². The van der Waals surface area contributed by atoms with Gasteiger partial charge in [-0.3, -0.25) is 4.57 Å². The molecule has 226 valence electrons. The maximum absolute atomic E-state index is 14.5. The van der Waals surface area contributed by atoms with E-state index in [-0.39, 0.29) is 11.6 Å². The summed E-state index contributed by atoms with van der Waals surface area (Å²) < 4.78 is 33.6. The zero-order chi connectivity index (χ0) is 31.9. The van der Waals surface area contributed by atoms with Crippen molar-refractivity contribution >= 4 is 59.9 Å². The summed E-state index contributed by atoms with van der Waals surface area (Å²) in [5.41, 5.74) is 8.17. The quantitative estimate of drug-likeness (QED) is 0.180. The molecule has 10 rings (SSSR count). The number of hydrogen-bond donors (Lipinski definition) is 0. The molecule has 6 aromatic carbocycles. The minimum absolute atomic E-state index is 0.322. The van der Waals surface area contributed by atoms with E-state index in [4.69, 9.17) is 4.98 Å². The van der Waals surface area contributed by atoms with Gasteiger partial charge in [-0.05, 0) is 77.2 Å². The number of para-hydroxylation sites is 2. The van der Waals surface area contributed by atoms with Crippen molar-refractivity contribution in [3.63, 3.8) is 0 Å². The van der Waals surface area contributed by atoms with E-state index in [2.05, 4.69) is 93.9 Å². The zero-order valence-corrected chi connectivity index (χ0v) is 25.5. The fourth-order valence-electron chi connectivity index (χ4n) is 7.54. The smallest absolute Gasteiger partial charge is 0.138 e. The summed E-state index contributed by atoms with van der Waals surface area (Å²) in [6.07, 6.45) is 0. The Labute approximate surface area is 273 Å². The first-order valence-corrected chi connectivity index (χ1v) is 15.9.